The molecule has 35 heavy (non-hydrogen) atoms. The molecule has 0 saturated carbocycles. The van der Waals surface area contributed by atoms with Crippen LogP contribution in [0.3, 0.4) is 0 Å². The second-order valence-corrected chi connectivity index (χ2v) is 9.25. The quantitative estimate of drug-likeness (QED) is 0.473. The van der Waals surface area contributed by atoms with Gasteiger partial charge in [0.15, 0.2) is 5.69 Å². The van der Waals surface area contributed by atoms with Crippen molar-refractivity contribution in [1.29, 1.82) is 0 Å². The molecular weight excluding hydrogens is 499 g/mol. The average molecular weight is 527 g/mol. The van der Waals surface area contributed by atoms with Gasteiger partial charge < -0.3 is 29.8 Å². The Balaban J connectivity index is 1.35. The molecule has 2 fully saturated rings. The summed E-state index contributed by atoms with van der Waals surface area (Å²) in [6.45, 7) is 6.98. The lowest BCUT2D eigenvalue weighted by Gasteiger charge is -2.33. The highest BCUT2D eigenvalue weighted by atomic mass is 35.5. The summed E-state index contributed by atoms with van der Waals surface area (Å²) >= 11 is 12.2. The van der Waals surface area contributed by atoms with Crippen molar-refractivity contribution in [2.75, 3.05) is 57.4 Å². The lowest BCUT2D eigenvalue weighted by molar-refractivity contribution is 0.0316. The SMILES string of the molecule is Cc1[nH]c(C(=O)NC2CCN(c3cc(C(=O)O)nc(OCCN4CCOCC4)n3)CC2)c(Cl)c1Cl. The van der Waals surface area contributed by atoms with Crippen LogP contribution in [0.25, 0.3) is 0 Å². The first-order valence-electron chi connectivity index (χ1n) is 11.5. The van der Waals surface area contributed by atoms with Crippen LogP contribution in [0.5, 0.6) is 6.01 Å². The minimum absolute atomic E-state index is 0.0391. The molecule has 0 unspecified atom stereocenters. The second-order valence-electron chi connectivity index (χ2n) is 8.49. The molecule has 190 valence electrons. The number of aromatic carboxylic acids is 1. The molecule has 13 heteroatoms. The van der Waals surface area contributed by atoms with Crippen LogP contribution >= 0.6 is 23.2 Å². The fraction of sp³-hybridized carbons (Fsp3) is 0.545. The number of carboxylic acid groups (broad SMARTS) is 1. The third-order valence-electron chi connectivity index (χ3n) is 6.09. The number of ether oxygens (including phenoxy) is 2. The number of nitrogens with one attached hydrogen (secondary N) is 2. The molecule has 0 atom stereocenters. The number of halogens is 2. The Morgan fingerprint density at radius 3 is 2.54 bits per heavy atom. The van der Waals surface area contributed by atoms with Crippen LogP contribution in [0.2, 0.25) is 10.0 Å². The zero-order valence-corrected chi connectivity index (χ0v) is 20.9. The number of hydrogen-bond donors (Lipinski definition) is 3. The molecule has 4 rings (SSSR count). The van der Waals surface area contributed by atoms with Crippen LogP contribution in [-0.2, 0) is 4.74 Å². The normalized spacial score (nSPS) is 17.4. The first-order chi connectivity index (χ1) is 16.8. The monoisotopic (exact) mass is 526 g/mol. The lowest BCUT2D eigenvalue weighted by atomic mass is 10.0. The summed E-state index contributed by atoms with van der Waals surface area (Å²) in [7, 11) is 0. The Bertz CT molecular complexity index is 1070. The number of aryl methyl sites for hydroxylation is 1. The van der Waals surface area contributed by atoms with Gasteiger partial charge in [-0.2, -0.15) is 9.97 Å². The number of H-pyrrole nitrogens is 1. The maximum absolute atomic E-state index is 12.6. The van der Waals surface area contributed by atoms with Crippen molar-refractivity contribution < 1.29 is 24.2 Å². The lowest BCUT2D eigenvalue weighted by Crippen LogP contribution is -2.45. The van der Waals surface area contributed by atoms with Gasteiger partial charge in [0.25, 0.3) is 5.91 Å². The summed E-state index contributed by atoms with van der Waals surface area (Å²) in [4.78, 5) is 39.8. The summed E-state index contributed by atoms with van der Waals surface area (Å²) in [5.74, 6) is -0.974. The Morgan fingerprint density at radius 1 is 1.20 bits per heavy atom. The van der Waals surface area contributed by atoms with Crippen LogP contribution in [0.1, 0.15) is 39.5 Å². The van der Waals surface area contributed by atoms with Crippen molar-refractivity contribution in [3.63, 3.8) is 0 Å². The standard InChI is InChI=1S/C22H28Cl2N6O5/c1-13-17(23)18(24)19(25-13)20(31)26-14-2-4-30(5-3-14)16-12-15(21(32)33)27-22(28-16)35-11-8-29-6-9-34-10-7-29/h12,14,25H,2-11H2,1H3,(H,26,31)(H,32,33). The van der Waals surface area contributed by atoms with Gasteiger partial charge in [-0.15, -0.1) is 0 Å². The summed E-state index contributed by atoms with van der Waals surface area (Å²) in [5, 5.41) is 13.0. The average Bonchev–Trinajstić information content (AvgIpc) is 3.12. The number of piperidine rings is 1. The molecule has 1 amide bonds. The number of morpholine rings is 1. The molecule has 0 bridgehead atoms. The van der Waals surface area contributed by atoms with E-state index < -0.39 is 5.97 Å². The minimum atomic E-state index is -1.15. The van der Waals surface area contributed by atoms with E-state index in [1.807, 2.05) is 4.90 Å². The van der Waals surface area contributed by atoms with E-state index in [9.17, 15) is 14.7 Å². The van der Waals surface area contributed by atoms with Gasteiger partial charge in [-0.25, -0.2) is 4.79 Å². The number of aromatic nitrogens is 3. The smallest absolute Gasteiger partial charge is 0.354 e. The van der Waals surface area contributed by atoms with Crippen LogP contribution in [0.15, 0.2) is 6.07 Å². The Kier molecular flexibility index (Phi) is 8.32. The van der Waals surface area contributed by atoms with Crippen LogP contribution in [0.4, 0.5) is 5.82 Å². The molecule has 0 aliphatic carbocycles. The molecule has 2 aromatic rings. The van der Waals surface area contributed by atoms with Crippen LogP contribution in [0, 0.1) is 6.92 Å². The zero-order chi connectivity index (χ0) is 24.9. The maximum Gasteiger partial charge on any atom is 0.354 e. The van der Waals surface area contributed by atoms with Gasteiger partial charge >= 0.3 is 12.0 Å². The number of carbonyl (C=O) groups is 2. The molecule has 2 aliphatic rings. The third kappa shape index (κ3) is 6.35. The number of aromatic amines is 1. The molecule has 11 nitrogen and oxygen atoms in total. The van der Waals surface area contributed by atoms with Crippen molar-refractivity contribution in [3.05, 3.63) is 33.2 Å². The second kappa shape index (κ2) is 11.4. The van der Waals surface area contributed by atoms with Gasteiger partial charge in [0, 0.05) is 50.5 Å². The van der Waals surface area contributed by atoms with Crippen molar-refractivity contribution in [2.45, 2.75) is 25.8 Å². The van der Waals surface area contributed by atoms with Crippen molar-refractivity contribution in [2.24, 2.45) is 0 Å². The van der Waals surface area contributed by atoms with E-state index >= 15 is 0 Å². The molecule has 2 aromatic heterocycles. The largest absolute Gasteiger partial charge is 0.477 e. The third-order valence-corrected chi connectivity index (χ3v) is 7.04. The maximum atomic E-state index is 12.6. The highest BCUT2D eigenvalue weighted by Crippen LogP contribution is 2.29. The molecule has 2 aliphatic heterocycles. The van der Waals surface area contributed by atoms with E-state index in [1.165, 1.54) is 6.07 Å². The fourth-order valence-electron chi connectivity index (χ4n) is 4.08. The topological polar surface area (TPSA) is 133 Å². The van der Waals surface area contributed by atoms with E-state index in [0.717, 1.165) is 13.1 Å². The van der Waals surface area contributed by atoms with E-state index in [4.69, 9.17) is 32.7 Å². The summed E-state index contributed by atoms with van der Waals surface area (Å²) in [5.41, 5.74) is 0.760. The first-order valence-corrected chi connectivity index (χ1v) is 12.2. The van der Waals surface area contributed by atoms with Crippen molar-refractivity contribution in [3.8, 4) is 6.01 Å². The Hall–Kier alpha value is -2.60. The number of carbonyl (C=O) groups excluding carboxylic acids is 1. The molecule has 0 radical (unpaired) electrons. The predicted octanol–water partition coefficient (Wildman–Crippen LogP) is 2.23. The number of rotatable bonds is 8. The molecular formula is C22H28Cl2N6O5. The fourth-order valence-corrected chi connectivity index (χ4v) is 4.49. The van der Waals surface area contributed by atoms with E-state index in [1.54, 1.807) is 6.92 Å². The number of nitrogens with zero attached hydrogens (tertiary/aromatic N) is 4. The molecule has 4 heterocycles. The minimum Gasteiger partial charge on any atom is -0.477 e. The summed E-state index contributed by atoms with van der Waals surface area (Å²) < 4.78 is 11.0. The van der Waals surface area contributed by atoms with Gasteiger partial charge in [0.05, 0.1) is 23.3 Å². The van der Waals surface area contributed by atoms with Crippen LogP contribution in [-0.4, -0.2) is 95.4 Å². The van der Waals surface area contributed by atoms with Gasteiger partial charge in [0.2, 0.25) is 0 Å². The Morgan fingerprint density at radius 2 is 1.91 bits per heavy atom. The summed E-state index contributed by atoms with van der Waals surface area (Å²) in [6, 6.07) is 1.42. The highest BCUT2D eigenvalue weighted by molar-refractivity contribution is 6.44. The number of carboxylic acids is 1. The zero-order valence-electron chi connectivity index (χ0n) is 19.4. The molecule has 0 spiro atoms. The van der Waals surface area contributed by atoms with E-state index in [-0.39, 0.29) is 34.4 Å². The number of hydrogen-bond acceptors (Lipinski definition) is 8. The first kappa shape index (κ1) is 25.5. The highest BCUT2D eigenvalue weighted by Gasteiger charge is 2.26. The van der Waals surface area contributed by atoms with Crippen molar-refractivity contribution in [1.82, 2.24) is 25.2 Å². The molecule has 3 N–H and O–H groups in total. The Labute approximate surface area is 212 Å². The van der Waals surface area contributed by atoms with Gasteiger partial charge in [-0.1, -0.05) is 23.2 Å². The summed E-state index contributed by atoms with van der Waals surface area (Å²) in [6.07, 6.45) is 1.30. The van der Waals surface area contributed by atoms with Crippen LogP contribution < -0.4 is 15.0 Å². The number of anilines is 1. The van der Waals surface area contributed by atoms with Crippen molar-refractivity contribution >= 4 is 40.9 Å². The number of amides is 1. The van der Waals surface area contributed by atoms with Gasteiger partial charge in [-0.05, 0) is 19.8 Å². The molecule has 0 aromatic carbocycles. The van der Waals surface area contributed by atoms with E-state index in [0.29, 0.717) is 68.8 Å². The van der Waals surface area contributed by atoms with Gasteiger partial charge in [0.1, 0.15) is 18.1 Å². The molecule has 2 saturated heterocycles. The van der Waals surface area contributed by atoms with Gasteiger partial charge in [-0.3, -0.25) is 9.69 Å². The van der Waals surface area contributed by atoms with E-state index in [2.05, 4.69) is 25.2 Å². The predicted molar refractivity (Wildman–Crippen MR) is 130 cm³/mol.